The molecule has 0 unspecified atom stereocenters. The fraction of sp³-hybridized carbons (Fsp3) is 0.467. The molecular weight excluding hydrogens is 240 g/mol. The van der Waals surface area contributed by atoms with Crippen molar-refractivity contribution in [3.8, 4) is 6.07 Å². The zero-order chi connectivity index (χ0) is 14.5. The van der Waals surface area contributed by atoms with Crippen molar-refractivity contribution in [2.75, 3.05) is 11.9 Å². The molecule has 0 bridgehead atoms. The summed E-state index contributed by atoms with van der Waals surface area (Å²) in [6.07, 6.45) is 0.0320. The molecule has 0 fully saturated rings. The lowest BCUT2D eigenvalue weighted by atomic mass is 9.86. The number of benzene rings is 1. The Morgan fingerprint density at radius 2 is 1.95 bits per heavy atom. The monoisotopic (exact) mass is 260 g/mol. The first-order chi connectivity index (χ1) is 8.85. The summed E-state index contributed by atoms with van der Waals surface area (Å²) in [5.41, 5.74) is 1.10. The van der Waals surface area contributed by atoms with E-state index in [9.17, 15) is 4.79 Å². The molecule has 0 radical (unpaired) electrons. The molecule has 0 aliphatic rings. The Morgan fingerprint density at radius 3 is 2.42 bits per heavy atom. The van der Waals surface area contributed by atoms with E-state index in [0.717, 1.165) is 5.56 Å². The normalized spacial score (nSPS) is 11.2. The smallest absolute Gasteiger partial charge is 0.250 e. The minimum atomic E-state index is -0.525. The SMILES string of the molecule is CC(C)OCC(=O)Nc1ccc(C(C)(C)C#N)cc1. The number of ether oxygens (including phenoxy) is 1. The van der Waals surface area contributed by atoms with Gasteiger partial charge in [0.05, 0.1) is 17.6 Å². The van der Waals surface area contributed by atoms with Crippen LogP contribution < -0.4 is 5.32 Å². The highest BCUT2D eigenvalue weighted by Gasteiger charge is 2.19. The maximum absolute atomic E-state index is 11.6. The number of anilines is 1. The van der Waals surface area contributed by atoms with Gasteiger partial charge in [0.15, 0.2) is 0 Å². The van der Waals surface area contributed by atoms with Crippen LogP contribution in [0.3, 0.4) is 0 Å². The Balaban J connectivity index is 2.63. The molecule has 0 saturated carbocycles. The molecular formula is C15H20N2O2. The Kier molecular flexibility index (Phi) is 5.08. The first-order valence-electron chi connectivity index (χ1n) is 6.28. The van der Waals surface area contributed by atoms with Crippen LogP contribution in [0.2, 0.25) is 0 Å². The van der Waals surface area contributed by atoms with Crippen molar-refractivity contribution in [1.29, 1.82) is 5.26 Å². The van der Waals surface area contributed by atoms with Crippen LogP contribution in [0.15, 0.2) is 24.3 Å². The maximum atomic E-state index is 11.6. The van der Waals surface area contributed by atoms with E-state index >= 15 is 0 Å². The summed E-state index contributed by atoms with van der Waals surface area (Å²) in [5, 5.41) is 11.8. The first-order valence-corrected chi connectivity index (χ1v) is 6.28. The average molecular weight is 260 g/mol. The summed E-state index contributed by atoms with van der Waals surface area (Å²) in [6, 6.07) is 9.53. The van der Waals surface area contributed by atoms with Crippen LogP contribution in [-0.4, -0.2) is 18.6 Å². The van der Waals surface area contributed by atoms with Crippen molar-refractivity contribution in [2.45, 2.75) is 39.2 Å². The molecule has 1 amide bonds. The number of rotatable bonds is 5. The number of nitriles is 1. The number of nitrogens with zero attached hydrogens (tertiary/aromatic N) is 1. The molecule has 102 valence electrons. The second kappa shape index (κ2) is 6.35. The number of carbonyl (C=O) groups is 1. The molecule has 1 aromatic carbocycles. The molecule has 0 heterocycles. The van der Waals surface area contributed by atoms with Crippen LogP contribution in [0.25, 0.3) is 0 Å². The van der Waals surface area contributed by atoms with Crippen molar-refractivity contribution in [3.63, 3.8) is 0 Å². The second-order valence-corrected chi connectivity index (χ2v) is 5.22. The van der Waals surface area contributed by atoms with E-state index in [1.165, 1.54) is 0 Å². The number of hydrogen-bond acceptors (Lipinski definition) is 3. The van der Waals surface area contributed by atoms with Gasteiger partial charge in [-0.25, -0.2) is 0 Å². The minimum Gasteiger partial charge on any atom is -0.369 e. The van der Waals surface area contributed by atoms with Crippen LogP contribution in [0, 0.1) is 11.3 Å². The van der Waals surface area contributed by atoms with Crippen molar-refractivity contribution in [3.05, 3.63) is 29.8 Å². The largest absolute Gasteiger partial charge is 0.369 e. The third-order valence-electron chi connectivity index (χ3n) is 2.72. The van der Waals surface area contributed by atoms with Gasteiger partial charge in [-0.1, -0.05) is 12.1 Å². The molecule has 0 spiro atoms. The third kappa shape index (κ3) is 4.72. The molecule has 1 rings (SSSR count). The molecule has 0 aliphatic carbocycles. The number of carbonyl (C=O) groups excluding carboxylic acids is 1. The quantitative estimate of drug-likeness (QED) is 0.885. The Labute approximate surface area is 114 Å². The highest BCUT2D eigenvalue weighted by molar-refractivity contribution is 5.91. The van der Waals surface area contributed by atoms with E-state index in [0.29, 0.717) is 5.69 Å². The molecule has 1 aromatic rings. The Hall–Kier alpha value is -1.86. The standard InChI is InChI=1S/C15H20N2O2/c1-11(2)19-9-14(18)17-13-7-5-12(6-8-13)15(3,4)10-16/h5-8,11H,9H2,1-4H3,(H,17,18). The summed E-state index contributed by atoms with van der Waals surface area (Å²) in [5.74, 6) is -0.180. The van der Waals surface area contributed by atoms with Gasteiger partial charge in [0, 0.05) is 5.69 Å². The molecule has 1 N–H and O–H groups in total. The van der Waals surface area contributed by atoms with E-state index in [1.54, 1.807) is 12.1 Å². The zero-order valence-electron chi connectivity index (χ0n) is 11.9. The average Bonchev–Trinajstić information content (AvgIpc) is 2.37. The zero-order valence-corrected chi connectivity index (χ0v) is 11.9. The van der Waals surface area contributed by atoms with Crippen LogP contribution >= 0.6 is 0 Å². The predicted molar refractivity (Wildman–Crippen MR) is 74.8 cm³/mol. The lowest BCUT2D eigenvalue weighted by Crippen LogP contribution is -2.20. The van der Waals surface area contributed by atoms with Crippen molar-refractivity contribution < 1.29 is 9.53 Å². The molecule has 0 atom stereocenters. The third-order valence-corrected chi connectivity index (χ3v) is 2.72. The second-order valence-electron chi connectivity index (χ2n) is 5.22. The Bertz CT molecular complexity index is 470. The van der Waals surface area contributed by atoms with Crippen LogP contribution in [0.1, 0.15) is 33.3 Å². The molecule has 0 saturated heterocycles. The van der Waals surface area contributed by atoms with E-state index < -0.39 is 5.41 Å². The van der Waals surface area contributed by atoms with E-state index in [2.05, 4.69) is 11.4 Å². The fourth-order valence-electron chi connectivity index (χ4n) is 1.47. The summed E-state index contributed by atoms with van der Waals surface area (Å²) in [6.45, 7) is 7.52. The van der Waals surface area contributed by atoms with Gasteiger partial charge in [-0.2, -0.15) is 5.26 Å². The number of amides is 1. The van der Waals surface area contributed by atoms with Crippen molar-refractivity contribution in [2.24, 2.45) is 0 Å². The fourth-order valence-corrected chi connectivity index (χ4v) is 1.47. The predicted octanol–water partition coefficient (Wildman–Crippen LogP) is 2.85. The first kappa shape index (κ1) is 15.2. The number of hydrogen-bond donors (Lipinski definition) is 1. The van der Waals surface area contributed by atoms with Crippen LogP contribution in [0.5, 0.6) is 0 Å². The van der Waals surface area contributed by atoms with Crippen LogP contribution in [0.4, 0.5) is 5.69 Å². The molecule has 0 aliphatic heterocycles. The van der Waals surface area contributed by atoms with Crippen molar-refractivity contribution in [1.82, 2.24) is 0 Å². The lowest BCUT2D eigenvalue weighted by Gasteiger charge is -2.16. The van der Waals surface area contributed by atoms with Gasteiger partial charge in [0.2, 0.25) is 5.91 Å². The topological polar surface area (TPSA) is 62.1 Å². The molecule has 0 aromatic heterocycles. The van der Waals surface area contributed by atoms with E-state index in [-0.39, 0.29) is 18.6 Å². The van der Waals surface area contributed by atoms with Gasteiger partial charge in [-0.3, -0.25) is 4.79 Å². The summed E-state index contributed by atoms with van der Waals surface area (Å²) >= 11 is 0. The van der Waals surface area contributed by atoms with Gasteiger partial charge in [-0.15, -0.1) is 0 Å². The highest BCUT2D eigenvalue weighted by atomic mass is 16.5. The molecule has 4 nitrogen and oxygen atoms in total. The summed E-state index contributed by atoms with van der Waals surface area (Å²) < 4.78 is 5.22. The van der Waals surface area contributed by atoms with Crippen LogP contribution in [-0.2, 0) is 14.9 Å². The van der Waals surface area contributed by atoms with Gasteiger partial charge < -0.3 is 10.1 Å². The van der Waals surface area contributed by atoms with Gasteiger partial charge in [0.25, 0.3) is 0 Å². The number of nitrogens with one attached hydrogen (secondary N) is 1. The summed E-state index contributed by atoms with van der Waals surface area (Å²) in [4.78, 5) is 11.6. The van der Waals surface area contributed by atoms with Gasteiger partial charge in [-0.05, 0) is 45.4 Å². The Morgan fingerprint density at radius 1 is 1.37 bits per heavy atom. The molecule has 4 heteroatoms. The summed E-state index contributed by atoms with van der Waals surface area (Å²) in [7, 11) is 0. The highest BCUT2D eigenvalue weighted by Crippen LogP contribution is 2.23. The van der Waals surface area contributed by atoms with E-state index in [1.807, 2.05) is 39.8 Å². The van der Waals surface area contributed by atoms with Gasteiger partial charge >= 0.3 is 0 Å². The van der Waals surface area contributed by atoms with E-state index in [4.69, 9.17) is 10.00 Å². The molecule has 19 heavy (non-hydrogen) atoms. The minimum absolute atomic E-state index is 0.0320. The van der Waals surface area contributed by atoms with Crippen molar-refractivity contribution >= 4 is 11.6 Å². The maximum Gasteiger partial charge on any atom is 0.250 e. The van der Waals surface area contributed by atoms with Gasteiger partial charge in [0.1, 0.15) is 6.61 Å². The lowest BCUT2D eigenvalue weighted by molar-refractivity contribution is -0.121.